The fraction of sp³-hybridized carbons (Fsp3) is 0.870. The second-order valence-corrected chi connectivity index (χ2v) is 8.31. The number of hydrogen-bond acceptors (Lipinski definition) is 2. The number of hydrogen-bond donors (Lipinski definition) is 1. The molecule has 0 saturated carbocycles. The number of carbonyl (C=O) groups is 1. The second-order valence-electron chi connectivity index (χ2n) is 8.31. The van der Waals surface area contributed by atoms with Crippen LogP contribution in [-0.2, 0) is 4.79 Å². The van der Waals surface area contributed by atoms with Crippen LogP contribution in [0.3, 0.4) is 0 Å². The zero-order chi connectivity index (χ0) is 20.8. The summed E-state index contributed by atoms with van der Waals surface area (Å²) >= 11 is 0. The first-order valence-corrected chi connectivity index (χ1v) is 10.1. The molecule has 0 radical (unpaired) electrons. The van der Waals surface area contributed by atoms with Crippen molar-refractivity contribution in [2.24, 2.45) is 23.7 Å². The standard InChI is InChI=1S/C6H12O.C6H14.C6H12.C5H12O/c1-5(2)4-6(3)7;2*1-4-5-6(2)3;1-5(2)3-4-6/h5H,4H2,1-3H3;6H,4-5H2,1-3H3;4,6H,1,5H2,2-3H3;5-6H,3-4H2,1-2H3. The fourth-order valence-electron chi connectivity index (χ4n) is 1.74. The SMILES string of the molecule is C=CCC(C)C.CC(=O)CC(C)C.CC(C)CCO.CCCC(C)C. The molecule has 154 valence electrons. The maximum Gasteiger partial charge on any atom is 0.130 e. The number of ketones is 1. The molecule has 0 rings (SSSR count). The largest absolute Gasteiger partial charge is 0.396 e. The van der Waals surface area contributed by atoms with E-state index < -0.39 is 0 Å². The van der Waals surface area contributed by atoms with E-state index in [0.29, 0.717) is 18.4 Å². The van der Waals surface area contributed by atoms with Crippen molar-refractivity contribution in [1.29, 1.82) is 0 Å². The van der Waals surface area contributed by atoms with E-state index in [2.05, 4.69) is 55.0 Å². The molecule has 0 aliphatic carbocycles. The quantitative estimate of drug-likeness (QED) is 0.462. The van der Waals surface area contributed by atoms with E-state index in [1.165, 1.54) is 12.8 Å². The van der Waals surface area contributed by atoms with Gasteiger partial charge in [0.1, 0.15) is 5.78 Å². The Labute approximate surface area is 160 Å². The molecule has 25 heavy (non-hydrogen) atoms. The van der Waals surface area contributed by atoms with E-state index in [-0.39, 0.29) is 5.78 Å². The minimum absolute atomic E-state index is 0.287. The summed E-state index contributed by atoms with van der Waals surface area (Å²) < 4.78 is 0. The lowest BCUT2D eigenvalue weighted by Crippen LogP contribution is -1.95. The van der Waals surface area contributed by atoms with Crippen LogP contribution in [0, 0.1) is 23.7 Å². The third-order valence-corrected chi connectivity index (χ3v) is 2.91. The highest BCUT2D eigenvalue weighted by Crippen LogP contribution is 2.00. The van der Waals surface area contributed by atoms with Gasteiger partial charge in [-0.05, 0) is 43.4 Å². The second kappa shape index (κ2) is 25.6. The maximum absolute atomic E-state index is 10.3. The molecule has 0 heterocycles. The van der Waals surface area contributed by atoms with E-state index in [0.717, 1.165) is 31.1 Å². The van der Waals surface area contributed by atoms with Gasteiger partial charge in [-0.15, -0.1) is 6.58 Å². The van der Waals surface area contributed by atoms with Gasteiger partial charge in [0.25, 0.3) is 0 Å². The van der Waals surface area contributed by atoms with Gasteiger partial charge in [0, 0.05) is 13.0 Å². The molecule has 2 nitrogen and oxygen atoms in total. The van der Waals surface area contributed by atoms with Gasteiger partial charge in [-0.2, -0.15) is 0 Å². The number of rotatable bonds is 8. The topological polar surface area (TPSA) is 37.3 Å². The molecular weight excluding hydrogens is 308 g/mol. The predicted molar refractivity (Wildman–Crippen MR) is 116 cm³/mol. The van der Waals surface area contributed by atoms with Crippen LogP contribution in [0.4, 0.5) is 0 Å². The smallest absolute Gasteiger partial charge is 0.130 e. The van der Waals surface area contributed by atoms with Gasteiger partial charge < -0.3 is 9.90 Å². The molecule has 1 N–H and O–H groups in total. The number of carbonyl (C=O) groups excluding carboxylic acids is 1. The molecule has 0 aromatic rings. The van der Waals surface area contributed by atoms with Crippen LogP contribution >= 0.6 is 0 Å². The summed E-state index contributed by atoms with van der Waals surface area (Å²) in [5.74, 6) is 3.14. The van der Waals surface area contributed by atoms with Gasteiger partial charge >= 0.3 is 0 Å². The molecule has 0 aromatic carbocycles. The van der Waals surface area contributed by atoms with Gasteiger partial charge in [-0.3, -0.25) is 0 Å². The molecule has 0 amide bonds. The van der Waals surface area contributed by atoms with Crippen molar-refractivity contribution in [3.63, 3.8) is 0 Å². The molecule has 0 aromatic heterocycles. The van der Waals surface area contributed by atoms with Crippen molar-refractivity contribution in [3.05, 3.63) is 12.7 Å². The van der Waals surface area contributed by atoms with Crippen LogP contribution in [0.2, 0.25) is 0 Å². The lowest BCUT2D eigenvalue weighted by Gasteiger charge is -1.95. The van der Waals surface area contributed by atoms with E-state index >= 15 is 0 Å². The molecule has 0 saturated heterocycles. The zero-order valence-corrected chi connectivity index (χ0v) is 19.2. The number of aliphatic hydroxyl groups excluding tert-OH is 1. The van der Waals surface area contributed by atoms with Crippen molar-refractivity contribution in [2.45, 2.75) is 101 Å². The molecule has 0 spiro atoms. The van der Waals surface area contributed by atoms with Crippen LogP contribution in [-0.4, -0.2) is 17.5 Å². The van der Waals surface area contributed by atoms with Crippen LogP contribution in [0.15, 0.2) is 12.7 Å². The Morgan fingerprint density at radius 2 is 1.32 bits per heavy atom. The lowest BCUT2D eigenvalue weighted by atomic mass is 10.1. The molecule has 0 bridgehead atoms. The minimum atomic E-state index is 0.287. The Bertz CT molecular complexity index is 243. The molecule has 0 atom stereocenters. The summed E-state index contributed by atoms with van der Waals surface area (Å²) in [5.41, 5.74) is 0. The molecule has 0 aliphatic rings. The van der Waals surface area contributed by atoms with Crippen LogP contribution in [0.5, 0.6) is 0 Å². The monoisotopic (exact) mass is 358 g/mol. The summed E-state index contributed by atoms with van der Waals surface area (Å²) in [7, 11) is 0. The van der Waals surface area contributed by atoms with Gasteiger partial charge in [0.15, 0.2) is 0 Å². The highest BCUT2D eigenvalue weighted by atomic mass is 16.3. The average molecular weight is 359 g/mol. The van der Waals surface area contributed by atoms with Crippen molar-refractivity contribution >= 4 is 5.78 Å². The van der Waals surface area contributed by atoms with E-state index in [1.54, 1.807) is 6.92 Å². The van der Waals surface area contributed by atoms with Crippen molar-refractivity contribution in [2.75, 3.05) is 6.61 Å². The molecule has 0 aliphatic heterocycles. The third kappa shape index (κ3) is 69.7. The Morgan fingerprint density at radius 3 is 1.32 bits per heavy atom. The highest BCUT2D eigenvalue weighted by Gasteiger charge is 1.95. The lowest BCUT2D eigenvalue weighted by molar-refractivity contribution is -0.117. The van der Waals surface area contributed by atoms with Crippen LogP contribution < -0.4 is 0 Å². The van der Waals surface area contributed by atoms with Crippen molar-refractivity contribution < 1.29 is 9.90 Å². The molecular formula is C23H50O2. The summed E-state index contributed by atoms with van der Waals surface area (Å²) in [5, 5.41) is 8.24. The highest BCUT2D eigenvalue weighted by molar-refractivity contribution is 5.75. The van der Waals surface area contributed by atoms with Crippen LogP contribution in [0.1, 0.15) is 101 Å². The molecule has 2 heteroatoms. The molecule has 0 fully saturated rings. The normalized spacial score (nSPS) is 9.72. The van der Waals surface area contributed by atoms with Crippen LogP contribution in [0.25, 0.3) is 0 Å². The van der Waals surface area contributed by atoms with Gasteiger partial charge in [0.2, 0.25) is 0 Å². The average Bonchev–Trinajstić information content (AvgIpc) is 2.38. The number of aliphatic hydroxyl groups is 1. The fourth-order valence-corrected chi connectivity index (χ4v) is 1.74. The van der Waals surface area contributed by atoms with E-state index in [4.69, 9.17) is 5.11 Å². The molecule has 0 unspecified atom stereocenters. The van der Waals surface area contributed by atoms with Gasteiger partial charge in [-0.25, -0.2) is 0 Å². The third-order valence-electron chi connectivity index (χ3n) is 2.91. The van der Waals surface area contributed by atoms with E-state index in [1.807, 2.05) is 19.9 Å². The first-order chi connectivity index (χ1) is 11.4. The minimum Gasteiger partial charge on any atom is -0.396 e. The van der Waals surface area contributed by atoms with E-state index in [9.17, 15) is 4.79 Å². The maximum atomic E-state index is 10.3. The van der Waals surface area contributed by atoms with Crippen molar-refractivity contribution in [3.8, 4) is 0 Å². The first-order valence-electron chi connectivity index (χ1n) is 10.1. The zero-order valence-electron chi connectivity index (χ0n) is 19.2. The Kier molecular flexibility index (Phi) is 32.9. The van der Waals surface area contributed by atoms with Gasteiger partial charge in [-0.1, -0.05) is 81.2 Å². The Morgan fingerprint density at radius 1 is 0.880 bits per heavy atom. The number of allylic oxidation sites excluding steroid dienone is 1. The predicted octanol–water partition coefficient (Wildman–Crippen LogP) is 7.31. The summed E-state index contributed by atoms with van der Waals surface area (Å²) in [4.78, 5) is 10.3. The Hall–Kier alpha value is -0.630. The summed E-state index contributed by atoms with van der Waals surface area (Å²) in [6.45, 7) is 24.9. The van der Waals surface area contributed by atoms with Gasteiger partial charge in [0.05, 0.1) is 0 Å². The van der Waals surface area contributed by atoms with Crippen molar-refractivity contribution in [1.82, 2.24) is 0 Å². The summed E-state index contributed by atoms with van der Waals surface area (Å²) in [6.07, 6.45) is 7.45. The Balaban J connectivity index is -0.000000118. The number of Topliss-reactive ketones (excluding diaryl/α,β-unsaturated/α-hetero) is 1. The summed E-state index contributed by atoms with van der Waals surface area (Å²) in [6, 6.07) is 0. The first kappa shape index (κ1) is 32.1.